The normalized spacial score (nSPS) is 18.0. The van der Waals surface area contributed by atoms with Crippen LogP contribution in [0.2, 0.25) is 0 Å². The summed E-state index contributed by atoms with van der Waals surface area (Å²) in [5.41, 5.74) is 2.31. The Balaban J connectivity index is 1.52. The van der Waals surface area contributed by atoms with E-state index in [2.05, 4.69) is 35.0 Å². The van der Waals surface area contributed by atoms with Crippen LogP contribution in [0.4, 0.5) is 4.79 Å². The van der Waals surface area contributed by atoms with Crippen molar-refractivity contribution in [3.05, 3.63) is 36.0 Å². The van der Waals surface area contributed by atoms with Crippen molar-refractivity contribution in [3.8, 4) is 0 Å². The number of para-hydroxylation sites is 1. The number of nitrogens with one attached hydrogen (secondary N) is 1. The summed E-state index contributed by atoms with van der Waals surface area (Å²) in [7, 11) is -3.49. The second-order valence-electron chi connectivity index (χ2n) is 6.66. The standard InChI is InChI=1S/C17H24N4O3S/c1-13-10-15-4-2-3-5-16(15)21(13)9-7-19-17(22)20-8-6-14(11-20)12-25(18,23)24/h2-5,10,14H,6-9,11-12H2,1H3,(H,19,22)(H2,18,23,24)/t14-/m0/s1. The van der Waals surface area contributed by atoms with Crippen molar-refractivity contribution in [1.29, 1.82) is 0 Å². The number of fused-ring (bicyclic) bond motifs is 1. The molecular weight excluding hydrogens is 340 g/mol. The fourth-order valence-electron chi connectivity index (χ4n) is 3.51. The summed E-state index contributed by atoms with van der Waals surface area (Å²) in [6.07, 6.45) is 0.672. The molecule has 0 unspecified atom stereocenters. The largest absolute Gasteiger partial charge is 0.343 e. The first-order valence-electron chi connectivity index (χ1n) is 8.41. The molecule has 1 saturated heterocycles. The van der Waals surface area contributed by atoms with Gasteiger partial charge in [0.2, 0.25) is 10.0 Å². The van der Waals surface area contributed by atoms with Crippen LogP contribution in [0.25, 0.3) is 10.9 Å². The van der Waals surface area contributed by atoms with Gasteiger partial charge in [0.25, 0.3) is 0 Å². The molecule has 0 spiro atoms. The van der Waals surface area contributed by atoms with Crippen LogP contribution in [-0.4, -0.2) is 49.3 Å². The Kier molecular flexibility index (Phi) is 5.01. The maximum atomic E-state index is 12.3. The molecular formula is C17H24N4O3S. The molecule has 3 rings (SSSR count). The number of nitrogens with zero attached hydrogens (tertiary/aromatic N) is 2. The Hall–Kier alpha value is -2.06. The fraction of sp³-hybridized carbons (Fsp3) is 0.471. The molecule has 1 aromatic heterocycles. The number of primary sulfonamides is 1. The van der Waals surface area contributed by atoms with E-state index in [1.54, 1.807) is 4.90 Å². The van der Waals surface area contributed by atoms with Gasteiger partial charge in [-0.05, 0) is 36.8 Å². The van der Waals surface area contributed by atoms with E-state index in [-0.39, 0.29) is 17.7 Å². The average molecular weight is 364 g/mol. The van der Waals surface area contributed by atoms with E-state index in [4.69, 9.17) is 5.14 Å². The zero-order chi connectivity index (χ0) is 18.0. The smallest absolute Gasteiger partial charge is 0.317 e. The lowest BCUT2D eigenvalue weighted by molar-refractivity contribution is 0.207. The van der Waals surface area contributed by atoms with Crippen LogP contribution in [0.1, 0.15) is 12.1 Å². The molecule has 2 aromatic rings. The maximum Gasteiger partial charge on any atom is 0.317 e. The van der Waals surface area contributed by atoms with Crippen LogP contribution >= 0.6 is 0 Å². The van der Waals surface area contributed by atoms with Gasteiger partial charge in [0.05, 0.1) is 5.75 Å². The molecule has 1 aliphatic rings. The number of carbonyl (C=O) groups is 1. The molecule has 0 radical (unpaired) electrons. The van der Waals surface area contributed by atoms with E-state index >= 15 is 0 Å². The van der Waals surface area contributed by atoms with Gasteiger partial charge >= 0.3 is 6.03 Å². The number of amides is 2. The van der Waals surface area contributed by atoms with Gasteiger partial charge in [0.1, 0.15) is 0 Å². The molecule has 8 heteroatoms. The molecule has 7 nitrogen and oxygen atoms in total. The van der Waals surface area contributed by atoms with Crippen molar-refractivity contribution in [3.63, 3.8) is 0 Å². The van der Waals surface area contributed by atoms with Gasteiger partial charge in [-0.3, -0.25) is 0 Å². The van der Waals surface area contributed by atoms with Crippen LogP contribution < -0.4 is 10.5 Å². The van der Waals surface area contributed by atoms with E-state index in [1.807, 2.05) is 12.1 Å². The summed E-state index contributed by atoms with van der Waals surface area (Å²) in [6, 6.07) is 10.2. The number of hydrogen-bond acceptors (Lipinski definition) is 3. The number of rotatable bonds is 5. The fourth-order valence-corrected chi connectivity index (χ4v) is 4.44. The Morgan fingerprint density at radius 1 is 1.36 bits per heavy atom. The lowest BCUT2D eigenvalue weighted by Crippen LogP contribution is -2.40. The van der Waals surface area contributed by atoms with Crippen molar-refractivity contribution in [2.75, 3.05) is 25.4 Å². The molecule has 25 heavy (non-hydrogen) atoms. The quantitative estimate of drug-likeness (QED) is 0.836. The second kappa shape index (κ2) is 7.05. The Morgan fingerprint density at radius 3 is 2.88 bits per heavy atom. The Morgan fingerprint density at radius 2 is 2.12 bits per heavy atom. The zero-order valence-corrected chi connectivity index (χ0v) is 15.1. The van der Waals surface area contributed by atoms with Crippen molar-refractivity contribution >= 4 is 27.0 Å². The molecule has 2 amide bonds. The highest BCUT2D eigenvalue weighted by Crippen LogP contribution is 2.19. The maximum absolute atomic E-state index is 12.3. The van der Waals surface area contributed by atoms with Crippen molar-refractivity contribution in [2.45, 2.75) is 19.9 Å². The molecule has 1 atom stereocenters. The number of nitrogens with two attached hydrogens (primary N) is 1. The summed E-state index contributed by atoms with van der Waals surface area (Å²) in [6.45, 7) is 4.28. The summed E-state index contributed by atoms with van der Waals surface area (Å²) >= 11 is 0. The molecule has 0 aliphatic carbocycles. The summed E-state index contributed by atoms with van der Waals surface area (Å²) in [4.78, 5) is 13.9. The lowest BCUT2D eigenvalue weighted by Gasteiger charge is -2.18. The number of urea groups is 1. The highest BCUT2D eigenvalue weighted by atomic mass is 32.2. The summed E-state index contributed by atoms with van der Waals surface area (Å²) in [5.74, 6) is -0.137. The van der Waals surface area contributed by atoms with Gasteiger partial charge < -0.3 is 14.8 Å². The minimum atomic E-state index is -3.49. The third kappa shape index (κ3) is 4.32. The molecule has 3 N–H and O–H groups in total. The van der Waals surface area contributed by atoms with E-state index in [1.165, 1.54) is 5.39 Å². The molecule has 0 saturated carbocycles. The first-order valence-corrected chi connectivity index (χ1v) is 10.1. The topological polar surface area (TPSA) is 97.4 Å². The van der Waals surface area contributed by atoms with Crippen LogP contribution in [0.15, 0.2) is 30.3 Å². The van der Waals surface area contributed by atoms with Crippen LogP contribution in [-0.2, 0) is 16.6 Å². The molecule has 0 bridgehead atoms. The van der Waals surface area contributed by atoms with Crippen molar-refractivity contribution < 1.29 is 13.2 Å². The van der Waals surface area contributed by atoms with E-state index in [0.29, 0.717) is 32.6 Å². The Labute approximate surface area is 147 Å². The predicted molar refractivity (Wildman–Crippen MR) is 97.7 cm³/mol. The highest BCUT2D eigenvalue weighted by Gasteiger charge is 2.28. The van der Waals surface area contributed by atoms with Crippen LogP contribution in [0.5, 0.6) is 0 Å². The molecule has 1 fully saturated rings. The Bertz CT molecular complexity index is 875. The minimum Gasteiger partial charge on any atom is -0.343 e. The number of likely N-dealkylation sites (tertiary alicyclic amines) is 1. The van der Waals surface area contributed by atoms with Crippen molar-refractivity contribution in [2.24, 2.45) is 11.1 Å². The third-order valence-corrected chi connectivity index (χ3v) is 5.61. The van der Waals surface area contributed by atoms with Crippen molar-refractivity contribution in [1.82, 2.24) is 14.8 Å². The van der Waals surface area contributed by atoms with Gasteiger partial charge in [-0.1, -0.05) is 18.2 Å². The van der Waals surface area contributed by atoms with E-state index in [0.717, 1.165) is 11.2 Å². The molecule has 2 heterocycles. The minimum absolute atomic E-state index is 0.0642. The van der Waals surface area contributed by atoms with Gasteiger partial charge in [0, 0.05) is 37.4 Å². The molecule has 1 aliphatic heterocycles. The molecule has 136 valence electrons. The monoisotopic (exact) mass is 364 g/mol. The van der Waals surface area contributed by atoms with Gasteiger partial charge in [-0.25, -0.2) is 18.4 Å². The summed E-state index contributed by atoms with van der Waals surface area (Å²) in [5, 5.41) is 9.20. The number of benzene rings is 1. The first-order chi connectivity index (χ1) is 11.8. The molecule has 1 aromatic carbocycles. The number of aromatic nitrogens is 1. The van der Waals surface area contributed by atoms with Gasteiger partial charge in [-0.2, -0.15) is 0 Å². The predicted octanol–water partition coefficient (Wildman–Crippen LogP) is 1.27. The average Bonchev–Trinajstić information content (AvgIpc) is 3.10. The zero-order valence-electron chi connectivity index (χ0n) is 14.3. The highest BCUT2D eigenvalue weighted by molar-refractivity contribution is 7.89. The second-order valence-corrected chi connectivity index (χ2v) is 8.32. The number of hydrogen-bond donors (Lipinski definition) is 2. The lowest BCUT2D eigenvalue weighted by atomic mass is 10.2. The third-order valence-electron chi connectivity index (χ3n) is 4.67. The number of sulfonamides is 1. The van der Waals surface area contributed by atoms with E-state index in [9.17, 15) is 13.2 Å². The van der Waals surface area contributed by atoms with E-state index < -0.39 is 10.0 Å². The number of aryl methyl sites for hydroxylation is 1. The van der Waals surface area contributed by atoms with Gasteiger partial charge in [0.15, 0.2) is 0 Å². The SMILES string of the molecule is Cc1cc2ccccc2n1CCNC(=O)N1CC[C@H](CS(N)(=O)=O)C1. The van der Waals surface area contributed by atoms with Crippen LogP contribution in [0, 0.1) is 12.8 Å². The first kappa shape index (κ1) is 17.8. The summed E-state index contributed by atoms with van der Waals surface area (Å²) < 4.78 is 24.5. The number of carbonyl (C=O) groups excluding carboxylic acids is 1. The van der Waals surface area contributed by atoms with Gasteiger partial charge in [-0.15, -0.1) is 0 Å². The van der Waals surface area contributed by atoms with Crippen LogP contribution in [0.3, 0.4) is 0 Å².